The van der Waals surface area contributed by atoms with Gasteiger partial charge in [-0.15, -0.1) is 0 Å². The monoisotopic (exact) mass is 1480 g/mol. The molecule has 0 radical (unpaired) electrons. The Labute approximate surface area is 602 Å². The average Bonchev–Trinajstić information content (AvgIpc) is 1.53. The molecule has 15 atom stereocenters. The first-order valence-electron chi connectivity index (χ1n) is 33.2. The average molecular weight is 1480 g/mol. The van der Waals surface area contributed by atoms with E-state index in [-0.39, 0.29) is 99.5 Å². The van der Waals surface area contributed by atoms with Gasteiger partial charge in [0.25, 0.3) is 7.82 Å². The summed E-state index contributed by atoms with van der Waals surface area (Å²) >= 11 is 0. The number of aliphatic hydroxyl groups excluding tert-OH is 2. The van der Waals surface area contributed by atoms with Crippen LogP contribution in [0.3, 0.4) is 0 Å². The number of benzene rings is 1. The van der Waals surface area contributed by atoms with Gasteiger partial charge in [0.1, 0.15) is 18.3 Å². The Kier molecular flexibility index (Phi) is 26.3. The fourth-order valence-electron chi connectivity index (χ4n) is 15.8. The fraction of sp³-hybridized carbons (Fsp3) is 0.565. The van der Waals surface area contributed by atoms with Crippen LogP contribution >= 0.6 is 7.82 Å². The van der Waals surface area contributed by atoms with Crippen molar-refractivity contribution in [1.29, 1.82) is 5.26 Å². The summed E-state index contributed by atoms with van der Waals surface area (Å²) in [5.41, 5.74) is 36.9. The number of amides is 7. The Morgan fingerprint density at radius 1 is 0.814 bits per heavy atom. The zero-order valence-electron chi connectivity index (χ0n) is 59.1. The second-order valence-electron chi connectivity index (χ2n) is 28.5. The number of hydrogen-bond acceptors (Lipinski definition) is 21. The van der Waals surface area contributed by atoms with Crippen molar-refractivity contribution in [2.45, 2.75) is 189 Å². The number of nitrogens with zero attached hydrogens (tertiary/aromatic N) is 8. The van der Waals surface area contributed by atoms with Crippen molar-refractivity contribution in [3.8, 4) is 0 Å². The Bertz CT molecular complexity index is 4040. The first-order chi connectivity index (χ1) is 47.1. The molecule has 33 heteroatoms. The Balaban J connectivity index is 0.00000125. The van der Waals surface area contributed by atoms with E-state index in [0.717, 1.165) is 11.1 Å². The summed E-state index contributed by atoms with van der Waals surface area (Å²) in [4.78, 5) is 142. The molecule has 6 aliphatic rings. The zero-order valence-corrected chi connectivity index (χ0v) is 61.0. The number of aliphatic imine (C=N–C) groups is 3. The van der Waals surface area contributed by atoms with E-state index in [4.69, 9.17) is 85.4 Å². The third kappa shape index (κ3) is 17.0. The number of carboxylic acids is 1. The zero-order chi connectivity index (χ0) is 75.4. The Morgan fingerprint density at radius 3 is 1.96 bits per heavy atom. The third-order valence-corrected chi connectivity index (χ3v) is 22.5. The van der Waals surface area contributed by atoms with E-state index >= 15 is 0 Å². The Hall–Kier alpha value is -8.38. The number of imidazole rings is 1. The molecule has 6 aliphatic heterocycles. The van der Waals surface area contributed by atoms with Gasteiger partial charge in [0.15, 0.2) is 6.23 Å². The number of hydrogen-bond donors (Lipinski definition) is 10. The predicted octanol–water partition coefficient (Wildman–Crippen LogP) is 4.19. The van der Waals surface area contributed by atoms with E-state index in [1.165, 1.54) is 36.3 Å². The number of aromatic nitrogens is 3. The van der Waals surface area contributed by atoms with Gasteiger partial charge in [-0.2, -0.15) is 5.70 Å². The normalized spacial score (nSPS) is 31.0. The summed E-state index contributed by atoms with van der Waals surface area (Å²) in [6, 6.07) is 5.74. The van der Waals surface area contributed by atoms with Crippen molar-refractivity contribution in [3.63, 3.8) is 0 Å². The van der Waals surface area contributed by atoms with Gasteiger partial charge in [-0.3, -0.25) is 58.1 Å². The maximum atomic E-state index is 14.4. The van der Waals surface area contributed by atoms with Crippen molar-refractivity contribution >= 4 is 83.3 Å². The summed E-state index contributed by atoms with van der Waals surface area (Å²) < 4.78 is 31.9. The van der Waals surface area contributed by atoms with Gasteiger partial charge in [-0.05, 0) is 130 Å². The molecule has 1 aromatic carbocycles. The van der Waals surface area contributed by atoms with E-state index in [1.54, 1.807) is 13.0 Å². The van der Waals surface area contributed by atoms with E-state index < -0.39 is 149 Å². The summed E-state index contributed by atoms with van der Waals surface area (Å²) in [5.74, 6) is -8.35. The molecule has 7 amide bonds. The number of aliphatic hydroxyl groups is 2. The first-order valence-corrected chi connectivity index (χ1v) is 34.6. The van der Waals surface area contributed by atoms with Crippen molar-refractivity contribution in [2.75, 3.05) is 13.2 Å². The van der Waals surface area contributed by atoms with Crippen LogP contribution in [0.5, 0.6) is 0 Å². The molecule has 31 nitrogen and oxygen atoms in total. The number of primary amides is 6. The van der Waals surface area contributed by atoms with Crippen LogP contribution < -0.4 is 44.6 Å². The standard InChI is InChI=1S/C62H90N13O14P.C6H5NO2.CN.Co/c1-29-20-39-40(21-30(29)2)75(28-70-39)57-52(84)53(41(27-76)87-57)89-90(85,86)88-31(3)26-69-49(83)18-19-59(8)37(22-46(66)80)56-62(11)61(10,25-48(68)82)36(14-17-45(65)79)51(74-62)33(5)55-60(9,24-47(67)81)34(12-15-43(63)77)38(71-55)23-42-58(6,7)35(13-16-44(64)78)50(72-42)32(4)54(59)73-56;8-6(9)5-2-1-3-7-4-5;1-2;/h20-21,23,28,31,34-37,41,52-53,56-57,76,84H,12-19,22,24-27H2,1-11H3,(H15,63,64,65,66,67,68,69,71,72,73,74,77,78,79,80,81,82,83,85,86);1-4H,(H,8,9);;/q;;-1;+3/p-2/t31?,34-,35-,36-,37+,41-,52-,53-,56-,57+,59-,60+,61+,62+;;;/m1.../s1. The predicted molar refractivity (Wildman–Crippen MR) is 368 cm³/mol. The number of aryl methyl sites for hydroxylation is 2. The number of carbonyl (C=O) groups is 8. The van der Waals surface area contributed by atoms with Gasteiger partial charge in [0, 0.05) is 127 Å². The van der Waals surface area contributed by atoms with Crippen LogP contribution in [0.4, 0.5) is 0 Å². The maximum Gasteiger partial charge on any atom is 3.00 e. The van der Waals surface area contributed by atoms with Gasteiger partial charge < -0.3 is 95.4 Å². The van der Waals surface area contributed by atoms with Crippen LogP contribution in [0.25, 0.3) is 16.4 Å². The molecule has 8 bridgehead atoms. The number of carbonyl (C=O) groups excluding carboxylic acids is 7. The molecule has 2 fully saturated rings. The topological polar surface area (TPSA) is 539 Å². The number of nitrogens with two attached hydrogens (primary N) is 6. The fourth-order valence-corrected chi connectivity index (χ4v) is 16.9. The number of nitrogens with one attached hydrogen (secondary N) is 1. The SMILES string of the molecule is C/C1=C2N=C(/C=C3N=C(/C(C)=C4\[N-][C@@](C)([C@@H]5N=C1[C@](C)(CCC(=O)NCC(C)OP(=O)([O-])O[C@H]1[C@@H](O)[C@@H](n6cnc7cc(C)c(C)cc76)O[C@@H]1CO)[C@H]5CC(N)=O)[C@@](C)(CC(N)=O)[C@@H]4CCC(N)=O)[C@@](C)(CC(N)=O)[C@@H]\3CCC(N)=O)C(C)(C)[C@@H]/2CCC(N)=O.O=C(O)c1cccnc1.[C-]#N.[Co+3]. The molecule has 16 N–H and O–H groups in total. The van der Waals surface area contributed by atoms with Crippen molar-refractivity contribution in [3.05, 3.63) is 106 Å². The molecule has 102 heavy (non-hydrogen) atoms. The quantitative estimate of drug-likeness (QED) is 0.0378. The van der Waals surface area contributed by atoms with E-state index in [9.17, 15) is 58.0 Å². The minimum absolute atomic E-state index is 0. The molecule has 2 aromatic heterocycles. The molecule has 2 saturated heterocycles. The van der Waals surface area contributed by atoms with Crippen molar-refractivity contribution in [2.24, 2.45) is 94.7 Å². The Morgan fingerprint density at radius 2 is 1.41 bits per heavy atom. The molecular weight excluding hydrogens is 1380 g/mol. The molecule has 0 aliphatic carbocycles. The van der Waals surface area contributed by atoms with Crippen LogP contribution in [0.1, 0.15) is 161 Å². The number of aromatic carboxylic acids is 1. The smallest absolute Gasteiger partial charge is 0.756 e. The summed E-state index contributed by atoms with van der Waals surface area (Å²) in [7, 11) is -5.32. The third-order valence-electron chi connectivity index (χ3n) is 21.4. The second kappa shape index (κ2) is 32.5. The molecule has 8 heterocycles. The largest absolute Gasteiger partial charge is 3.00 e. The minimum atomic E-state index is -5.32. The van der Waals surface area contributed by atoms with E-state index in [0.29, 0.717) is 56.4 Å². The second-order valence-corrected chi connectivity index (χ2v) is 29.9. The number of allylic oxidation sites excluding steroid dienone is 6. The van der Waals surface area contributed by atoms with Crippen LogP contribution in [0.2, 0.25) is 0 Å². The van der Waals surface area contributed by atoms with Gasteiger partial charge in [-0.25, -0.2) is 9.78 Å². The number of phosphoric ester groups is 1. The number of rotatable bonds is 27. The van der Waals surface area contributed by atoms with Crippen LogP contribution in [-0.2, 0) is 68.7 Å². The van der Waals surface area contributed by atoms with Crippen LogP contribution in [-0.4, -0.2) is 143 Å². The number of phosphoric acid groups is 1. The number of pyridine rings is 1. The van der Waals surface area contributed by atoms with Gasteiger partial charge >= 0.3 is 22.7 Å². The molecule has 0 saturated carbocycles. The maximum absolute atomic E-state index is 14.4. The van der Waals surface area contributed by atoms with Gasteiger partial charge in [0.05, 0.1) is 35.6 Å². The first kappa shape index (κ1) is 82.6. The van der Waals surface area contributed by atoms with Crippen molar-refractivity contribution < 1.29 is 93.7 Å². The van der Waals surface area contributed by atoms with Gasteiger partial charge in [-0.1, -0.05) is 47.1 Å². The number of fused-ring (bicyclic) bond motifs is 7. The molecule has 554 valence electrons. The molecule has 2 unspecified atom stereocenters. The summed E-state index contributed by atoms with van der Waals surface area (Å²) in [6.45, 7) is 23.7. The van der Waals surface area contributed by atoms with E-state index in [1.807, 2.05) is 80.5 Å². The molecule has 0 spiro atoms. The van der Waals surface area contributed by atoms with Crippen molar-refractivity contribution in [1.82, 2.24) is 19.9 Å². The number of carboxylic acid groups (broad SMARTS) is 1. The molecular formula is C69H93CoN15O16P. The van der Waals surface area contributed by atoms with Gasteiger partial charge in [0.2, 0.25) is 41.4 Å². The van der Waals surface area contributed by atoms with Crippen LogP contribution in [0.15, 0.2) is 92.3 Å². The summed E-state index contributed by atoms with van der Waals surface area (Å²) in [5, 5.41) is 44.7. The molecule has 9 rings (SSSR count). The van der Waals surface area contributed by atoms with E-state index in [2.05, 4.69) is 15.3 Å². The minimum Gasteiger partial charge on any atom is -0.756 e. The number of ether oxygens (including phenoxy) is 1. The molecule has 3 aromatic rings. The van der Waals surface area contributed by atoms with Crippen LogP contribution in [0, 0.1) is 71.0 Å². The summed E-state index contributed by atoms with van der Waals surface area (Å²) in [6.07, 6.45) is -1.95.